The van der Waals surface area contributed by atoms with Gasteiger partial charge in [0.15, 0.2) is 0 Å². The average molecular weight is 331 g/mol. The van der Waals surface area contributed by atoms with Crippen molar-refractivity contribution in [1.29, 1.82) is 0 Å². The Morgan fingerprint density at radius 1 is 1.25 bits per heavy atom. The first kappa shape index (κ1) is 17.0. The number of carboxylic acids is 1. The number of rotatable bonds is 5. The number of ether oxygens (including phenoxy) is 1. The van der Waals surface area contributed by atoms with Crippen molar-refractivity contribution < 1.29 is 19.4 Å². The number of benzene rings is 1. The Balaban J connectivity index is 1.52. The van der Waals surface area contributed by atoms with Gasteiger partial charge >= 0.3 is 5.97 Å². The summed E-state index contributed by atoms with van der Waals surface area (Å²) >= 11 is 0. The number of amides is 1. The lowest BCUT2D eigenvalue weighted by Gasteiger charge is -2.42. The van der Waals surface area contributed by atoms with Gasteiger partial charge in [-0.25, -0.2) is 4.79 Å². The third-order valence-electron chi connectivity index (χ3n) is 5.15. The lowest BCUT2D eigenvalue weighted by molar-refractivity contribution is -0.145. The normalized spacial score (nSPS) is 24.5. The molecule has 2 unspecified atom stereocenters. The molecule has 2 saturated heterocycles. The summed E-state index contributed by atoms with van der Waals surface area (Å²) in [5.41, 5.74) is 1.41. The summed E-state index contributed by atoms with van der Waals surface area (Å²) in [5, 5.41) is 8.94. The third kappa shape index (κ3) is 3.61. The van der Waals surface area contributed by atoms with Crippen LogP contribution in [0.15, 0.2) is 24.3 Å². The molecule has 2 heterocycles. The first-order valence-corrected chi connectivity index (χ1v) is 8.82. The van der Waals surface area contributed by atoms with Crippen LogP contribution in [0.4, 0.5) is 0 Å². The van der Waals surface area contributed by atoms with Crippen LogP contribution in [-0.4, -0.2) is 47.7 Å². The second-order valence-electron chi connectivity index (χ2n) is 6.87. The Hall–Kier alpha value is -1.88. The van der Waals surface area contributed by atoms with E-state index in [1.54, 1.807) is 12.1 Å². The Labute approximate surface area is 142 Å². The number of hydrogen-bond donors (Lipinski definition) is 1. The average Bonchev–Trinajstić information content (AvgIpc) is 2.54. The van der Waals surface area contributed by atoms with E-state index < -0.39 is 5.97 Å². The quantitative estimate of drug-likeness (QED) is 0.901. The SMILES string of the molecule is CCCC1CC(C(=O)N2CC(c3ccc(C(=O)O)cc3)C2)CCO1. The van der Waals surface area contributed by atoms with Crippen molar-refractivity contribution in [2.45, 2.75) is 44.6 Å². The fourth-order valence-electron chi connectivity index (χ4n) is 3.65. The van der Waals surface area contributed by atoms with Crippen LogP contribution in [0.25, 0.3) is 0 Å². The van der Waals surface area contributed by atoms with E-state index in [2.05, 4.69) is 6.92 Å². The molecule has 1 N–H and O–H groups in total. The molecule has 130 valence electrons. The van der Waals surface area contributed by atoms with E-state index in [1.165, 1.54) is 0 Å². The summed E-state index contributed by atoms with van der Waals surface area (Å²) in [6.45, 7) is 4.31. The zero-order chi connectivity index (χ0) is 17.1. The number of carboxylic acid groups (broad SMARTS) is 1. The highest BCUT2D eigenvalue weighted by molar-refractivity contribution is 5.87. The van der Waals surface area contributed by atoms with E-state index in [0.29, 0.717) is 18.1 Å². The van der Waals surface area contributed by atoms with Crippen molar-refractivity contribution in [3.63, 3.8) is 0 Å². The Bertz CT molecular complexity index is 590. The second-order valence-corrected chi connectivity index (χ2v) is 6.87. The molecule has 2 atom stereocenters. The number of likely N-dealkylation sites (tertiary alicyclic amines) is 1. The van der Waals surface area contributed by atoms with Gasteiger partial charge in [0.05, 0.1) is 11.7 Å². The molecule has 0 aromatic heterocycles. The van der Waals surface area contributed by atoms with Crippen LogP contribution in [0.2, 0.25) is 0 Å². The van der Waals surface area contributed by atoms with Crippen LogP contribution in [0.3, 0.4) is 0 Å². The molecule has 2 fully saturated rings. The van der Waals surface area contributed by atoms with Crippen molar-refractivity contribution in [1.82, 2.24) is 4.90 Å². The summed E-state index contributed by atoms with van der Waals surface area (Å²) < 4.78 is 5.73. The maximum Gasteiger partial charge on any atom is 0.335 e. The van der Waals surface area contributed by atoms with Crippen molar-refractivity contribution in [3.8, 4) is 0 Å². The lowest BCUT2D eigenvalue weighted by Crippen LogP contribution is -2.51. The second kappa shape index (κ2) is 7.34. The Morgan fingerprint density at radius 3 is 2.58 bits per heavy atom. The number of hydrogen-bond acceptors (Lipinski definition) is 3. The highest BCUT2D eigenvalue weighted by Crippen LogP contribution is 2.32. The molecule has 5 heteroatoms. The van der Waals surface area contributed by atoms with Crippen LogP contribution in [-0.2, 0) is 9.53 Å². The molecule has 3 rings (SSSR count). The predicted octanol–water partition coefficient (Wildman–Crippen LogP) is 2.91. The van der Waals surface area contributed by atoms with E-state index in [0.717, 1.165) is 44.3 Å². The van der Waals surface area contributed by atoms with Crippen molar-refractivity contribution in [2.24, 2.45) is 5.92 Å². The van der Waals surface area contributed by atoms with Gasteiger partial charge in [0, 0.05) is 31.5 Å². The van der Waals surface area contributed by atoms with Crippen LogP contribution in [0.1, 0.15) is 54.4 Å². The van der Waals surface area contributed by atoms with E-state index >= 15 is 0 Å². The van der Waals surface area contributed by atoms with Gasteiger partial charge in [0.2, 0.25) is 5.91 Å². The molecule has 2 aliphatic heterocycles. The van der Waals surface area contributed by atoms with Gasteiger partial charge in [-0.3, -0.25) is 4.79 Å². The summed E-state index contributed by atoms with van der Waals surface area (Å²) in [6, 6.07) is 7.00. The molecule has 5 nitrogen and oxygen atoms in total. The first-order chi connectivity index (χ1) is 11.6. The minimum Gasteiger partial charge on any atom is -0.478 e. The molecular weight excluding hydrogens is 306 g/mol. The maximum atomic E-state index is 12.6. The smallest absolute Gasteiger partial charge is 0.335 e. The molecule has 0 radical (unpaired) electrons. The summed E-state index contributed by atoms with van der Waals surface area (Å²) in [7, 11) is 0. The fraction of sp³-hybridized carbons (Fsp3) is 0.579. The molecule has 24 heavy (non-hydrogen) atoms. The van der Waals surface area contributed by atoms with Gasteiger partial charge in [-0.2, -0.15) is 0 Å². The number of aromatic carboxylic acids is 1. The molecular formula is C19H25NO4. The molecule has 2 aliphatic rings. The van der Waals surface area contributed by atoms with Crippen LogP contribution < -0.4 is 0 Å². The molecule has 0 bridgehead atoms. The third-order valence-corrected chi connectivity index (χ3v) is 5.15. The van der Waals surface area contributed by atoms with Crippen LogP contribution in [0.5, 0.6) is 0 Å². The van der Waals surface area contributed by atoms with Gasteiger partial charge in [0.1, 0.15) is 0 Å². The van der Waals surface area contributed by atoms with Crippen molar-refractivity contribution >= 4 is 11.9 Å². The monoisotopic (exact) mass is 331 g/mol. The summed E-state index contributed by atoms with van der Waals surface area (Å²) in [5.74, 6) is -0.223. The van der Waals surface area contributed by atoms with Crippen molar-refractivity contribution in [3.05, 3.63) is 35.4 Å². The topological polar surface area (TPSA) is 66.8 Å². The Morgan fingerprint density at radius 2 is 1.96 bits per heavy atom. The fourth-order valence-corrected chi connectivity index (χ4v) is 3.65. The molecule has 0 aliphatic carbocycles. The highest BCUT2D eigenvalue weighted by Gasteiger charge is 2.37. The van der Waals surface area contributed by atoms with E-state index in [1.807, 2.05) is 17.0 Å². The van der Waals surface area contributed by atoms with Gasteiger partial charge in [-0.05, 0) is 37.0 Å². The summed E-state index contributed by atoms with van der Waals surface area (Å²) in [4.78, 5) is 25.5. The zero-order valence-electron chi connectivity index (χ0n) is 14.1. The lowest BCUT2D eigenvalue weighted by atomic mass is 9.87. The molecule has 1 amide bonds. The number of carbonyl (C=O) groups excluding carboxylic acids is 1. The Kier molecular flexibility index (Phi) is 5.19. The van der Waals surface area contributed by atoms with E-state index in [9.17, 15) is 9.59 Å². The van der Waals surface area contributed by atoms with Gasteiger partial charge in [-0.1, -0.05) is 25.5 Å². The largest absolute Gasteiger partial charge is 0.478 e. The molecule has 1 aromatic rings. The van der Waals surface area contributed by atoms with Gasteiger partial charge < -0.3 is 14.7 Å². The van der Waals surface area contributed by atoms with E-state index in [4.69, 9.17) is 9.84 Å². The molecule has 0 spiro atoms. The van der Waals surface area contributed by atoms with E-state index in [-0.39, 0.29) is 17.9 Å². The highest BCUT2D eigenvalue weighted by atomic mass is 16.5. The van der Waals surface area contributed by atoms with Crippen molar-refractivity contribution in [2.75, 3.05) is 19.7 Å². The summed E-state index contributed by atoms with van der Waals surface area (Å²) in [6.07, 6.45) is 4.03. The van der Waals surface area contributed by atoms with Gasteiger partial charge in [-0.15, -0.1) is 0 Å². The zero-order valence-corrected chi connectivity index (χ0v) is 14.1. The number of nitrogens with zero attached hydrogens (tertiary/aromatic N) is 1. The molecule has 1 aromatic carbocycles. The minimum atomic E-state index is -0.909. The van der Waals surface area contributed by atoms with Gasteiger partial charge in [0.25, 0.3) is 0 Å². The first-order valence-electron chi connectivity index (χ1n) is 8.82. The van der Waals surface area contributed by atoms with Crippen LogP contribution >= 0.6 is 0 Å². The predicted molar refractivity (Wildman–Crippen MR) is 90.1 cm³/mol. The minimum absolute atomic E-state index is 0.102. The standard InChI is InChI=1S/C19H25NO4/c1-2-3-17-10-15(8-9-24-17)18(21)20-11-16(12-20)13-4-6-14(7-5-13)19(22)23/h4-7,15-17H,2-3,8-12H2,1H3,(H,22,23). The number of carbonyl (C=O) groups is 2. The maximum absolute atomic E-state index is 12.6. The molecule has 0 saturated carbocycles. The van der Waals surface area contributed by atoms with Crippen LogP contribution in [0, 0.1) is 5.92 Å².